The molecule has 1 aliphatic heterocycles. The monoisotopic (exact) mass is 368 g/mol. The fourth-order valence-electron chi connectivity index (χ4n) is 2.33. The molecule has 0 atom stereocenters. The lowest BCUT2D eigenvalue weighted by Gasteiger charge is -2.10. The number of carbonyl (C=O) groups excluding carboxylic acids is 1. The van der Waals surface area contributed by atoms with Crippen molar-refractivity contribution in [3.63, 3.8) is 0 Å². The first-order valence-electron chi connectivity index (χ1n) is 7.68. The number of halogens is 3. The zero-order valence-electron chi connectivity index (χ0n) is 13.4. The first kappa shape index (κ1) is 17.7. The first-order chi connectivity index (χ1) is 12.4. The van der Waals surface area contributed by atoms with Crippen LogP contribution in [0.25, 0.3) is 0 Å². The van der Waals surface area contributed by atoms with Crippen LogP contribution in [0, 0.1) is 0 Å². The average molecular weight is 368 g/mol. The Kier molecular flexibility index (Phi) is 5.06. The van der Waals surface area contributed by atoms with Crippen LogP contribution >= 0.6 is 0 Å². The molecule has 0 radical (unpaired) electrons. The van der Waals surface area contributed by atoms with Gasteiger partial charge >= 0.3 is 12.4 Å². The summed E-state index contributed by atoms with van der Waals surface area (Å²) >= 11 is 0. The summed E-state index contributed by atoms with van der Waals surface area (Å²) in [5, 5.41) is 5.20. The van der Waals surface area contributed by atoms with Gasteiger partial charge in [-0.3, -0.25) is 0 Å². The molecule has 2 amide bonds. The van der Waals surface area contributed by atoms with E-state index >= 15 is 0 Å². The van der Waals surface area contributed by atoms with Crippen LogP contribution in [-0.4, -0.2) is 25.7 Å². The van der Waals surface area contributed by atoms with Crippen molar-refractivity contribution in [3.8, 4) is 17.2 Å². The van der Waals surface area contributed by atoms with Gasteiger partial charge in [-0.2, -0.15) is 0 Å². The predicted molar refractivity (Wildman–Crippen MR) is 86.4 cm³/mol. The van der Waals surface area contributed by atoms with E-state index in [0.717, 1.165) is 17.7 Å². The van der Waals surface area contributed by atoms with E-state index in [4.69, 9.17) is 9.47 Å². The molecule has 2 aromatic carbocycles. The van der Waals surface area contributed by atoms with Crippen LogP contribution in [-0.2, 0) is 6.42 Å². The van der Waals surface area contributed by atoms with Gasteiger partial charge in [0, 0.05) is 12.2 Å². The van der Waals surface area contributed by atoms with Crippen LogP contribution < -0.4 is 24.8 Å². The Balaban J connectivity index is 1.44. The van der Waals surface area contributed by atoms with E-state index in [0.29, 0.717) is 30.2 Å². The average Bonchev–Trinajstić information content (AvgIpc) is 3.03. The van der Waals surface area contributed by atoms with Crippen molar-refractivity contribution in [1.82, 2.24) is 5.32 Å². The third-order valence-corrected chi connectivity index (χ3v) is 3.48. The van der Waals surface area contributed by atoms with E-state index in [1.54, 1.807) is 0 Å². The van der Waals surface area contributed by atoms with Gasteiger partial charge < -0.3 is 24.8 Å². The standard InChI is InChI=1S/C17H15F3N2O4/c18-17(19,20)26-13-4-2-12(3-5-13)22-16(23)21-8-7-11-1-6-14-15(9-11)25-10-24-14/h1-6,9H,7-8,10H2,(H2,21,22,23). The summed E-state index contributed by atoms with van der Waals surface area (Å²) < 4.78 is 50.5. The minimum atomic E-state index is -4.75. The lowest BCUT2D eigenvalue weighted by molar-refractivity contribution is -0.274. The number of rotatable bonds is 5. The Morgan fingerprint density at radius 2 is 1.81 bits per heavy atom. The smallest absolute Gasteiger partial charge is 0.454 e. The van der Waals surface area contributed by atoms with Crippen LogP contribution in [0.3, 0.4) is 0 Å². The molecule has 0 unspecified atom stereocenters. The van der Waals surface area contributed by atoms with Gasteiger partial charge in [0.25, 0.3) is 0 Å². The summed E-state index contributed by atoms with van der Waals surface area (Å²) in [6.45, 7) is 0.576. The lowest BCUT2D eigenvalue weighted by Crippen LogP contribution is -2.30. The van der Waals surface area contributed by atoms with E-state index < -0.39 is 12.4 Å². The summed E-state index contributed by atoms with van der Waals surface area (Å²) in [6, 6.07) is 9.95. The quantitative estimate of drug-likeness (QED) is 0.845. The first-order valence-corrected chi connectivity index (χ1v) is 7.68. The van der Waals surface area contributed by atoms with Crippen LogP contribution in [0.1, 0.15) is 5.56 Å². The van der Waals surface area contributed by atoms with Crippen molar-refractivity contribution in [1.29, 1.82) is 0 Å². The molecular weight excluding hydrogens is 353 g/mol. The number of alkyl halides is 3. The third kappa shape index (κ3) is 4.95. The zero-order valence-corrected chi connectivity index (χ0v) is 13.4. The SMILES string of the molecule is O=C(NCCc1ccc2c(c1)OCO2)Nc1ccc(OC(F)(F)F)cc1. The Morgan fingerprint density at radius 1 is 1.08 bits per heavy atom. The topological polar surface area (TPSA) is 68.8 Å². The van der Waals surface area contributed by atoms with E-state index in [1.165, 1.54) is 12.1 Å². The number of nitrogens with one attached hydrogen (secondary N) is 2. The molecule has 9 heteroatoms. The summed E-state index contributed by atoms with van der Waals surface area (Å²) in [6.07, 6.45) is -4.16. The predicted octanol–water partition coefficient (Wildman–Crippen LogP) is 3.68. The number of benzene rings is 2. The number of hydrogen-bond donors (Lipinski definition) is 2. The van der Waals surface area contributed by atoms with Gasteiger partial charge in [0.15, 0.2) is 11.5 Å². The second-order valence-corrected chi connectivity index (χ2v) is 5.39. The normalized spacial score (nSPS) is 12.6. The van der Waals surface area contributed by atoms with Gasteiger partial charge in [-0.25, -0.2) is 4.79 Å². The largest absolute Gasteiger partial charge is 0.573 e. The summed E-state index contributed by atoms with van der Waals surface area (Å²) in [5.41, 5.74) is 1.32. The van der Waals surface area contributed by atoms with Crippen LogP contribution in [0.5, 0.6) is 17.2 Å². The number of fused-ring (bicyclic) bond motifs is 1. The highest BCUT2D eigenvalue weighted by molar-refractivity contribution is 5.89. The van der Waals surface area contributed by atoms with Crippen molar-refractivity contribution in [2.24, 2.45) is 0 Å². The van der Waals surface area contributed by atoms with Gasteiger partial charge in [0.1, 0.15) is 5.75 Å². The van der Waals surface area contributed by atoms with E-state index in [1.807, 2.05) is 18.2 Å². The minimum Gasteiger partial charge on any atom is -0.454 e. The summed E-state index contributed by atoms with van der Waals surface area (Å²) in [5.74, 6) is 1.01. The van der Waals surface area contributed by atoms with Crippen molar-refractivity contribution in [3.05, 3.63) is 48.0 Å². The Hall–Kier alpha value is -3.10. The van der Waals surface area contributed by atoms with Crippen molar-refractivity contribution in [2.75, 3.05) is 18.7 Å². The molecule has 1 heterocycles. The number of hydrogen-bond acceptors (Lipinski definition) is 4. The maximum absolute atomic E-state index is 12.1. The van der Waals surface area contributed by atoms with E-state index in [2.05, 4.69) is 15.4 Å². The fraction of sp³-hybridized carbons (Fsp3) is 0.235. The van der Waals surface area contributed by atoms with E-state index in [9.17, 15) is 18.0 Å². The molecule has 0 aliphatic carbocycles. The Labute approximate surface area is 146 Å². The van der Waals surface area contributed by atoms with Crippen molar-refractivity contribution >= 4 is 11.7 Å². The fourth-order valence-corrected chi connectivity index (χ4v) is 2.33. The Morgan fingerprint density at radius 3 is 2.54 bits per heavy atom. The third-order valence-electron chi connectivity index (χ3n) is 3.48. The second-order valence-electron chi connectivity index (χ2n) is 5.39. The van der Waals surface area contributed by atoms with Crippen LogP contribution in [0.4, 0.5) is 23.7 Å². The molecule has 26 heavy (non-hydrogen) atoms. The molecule has 138 valence electrons. The van der Waals surface area contributed by atoms with Crippen molar-refractivity contribution < 1.29 is 32.2 Å². The molecule has 0 aromatic heterocycles. The maximum atomic E-state index is 12.1. The molecule has 2 aromatic rings. The van der Waals surface area contributed by atoms with Gasteiger partial charge in [-0.1, -0.05) is 6.07 Å². The highest BCUT2D eigenvalue weighted by atomic mass is 19.4. The summed E-state index contributed by atoms with van der Waals surface area (Å²) in [7, 11) is 0. The molecule has 0 saturated heterocycles. The number of urea groups is 1. The molecule has 3 rings (SSSR count). The Bertz CT molecular complexity index is 779. The minimum absolute atomic E-state index is 0.201. The molecule has 0 bridgehead atoms. The second kappa shape index (κ2) is 7.42. The molecule has 6 nitrogen and oxygen atoms in total. The molecule has 0 fully saturated rings. The number of carbonyl (C=O) groups is 1. The van der Waals surface area contributed by atoms with Crippen LogP contribution in [0.15, 0.2) is 42.5 Å². The lowest BCUT2D eigenvalue weighted by atomic mass is 10.1. The van der Waals surface area contributed by atoms with Crippen molar-refractivity contribution in [2.45, 2.75) is 12.8 Å². The molecule has 0 spiro atoms. The summed E-state index contributed by atoms with van der Waals surface area (Å²) in [4.78, 5) is 11.8. The van der Waals surface area contributed by atoms with Gasteiger partial charge in [-0.15, -0.1) is 13.2 Å². The number of amides is 2. The maximum Gasteiger partial charge on any atom is 0.573 e. The molecule has 2 N–H and O–H groups in total. The molecular formula is C17H15F3N2O4. The molecule has 0 saturated carbocycles. The zero-order chi connectivity index (χ0) is 18.6. The van der Waals surface area contributed by atoms with Gasteiger partial charge in [0.2, 0.25) is 6.79 Å². The number of anilines is 1. The highest BCUT2D eigenvalue weighted by Crippen LogP contribution is 2.32. The molecule has 1 aliphatic rings. The van der Waals surface area contributed by atoms with Crippen LogP contribution in [0.2, 0.25) is 0 Å². The van der Waals surface area contributed by atoms with E-state index in [-0.39, 0.29) is 12.5 Å². The number of ether oxygens (including phenoxy) is 3. The van der Waals surface area contributed by atoms with Gasteiger partial charge in [-0.05, 0) is 48.4 Å². The highest BCUT2D eigenvalue weighted by Gasteiger charge is 2.30. The van der Waals surface area contributed by atoms with Gasteiger partial charge in [0.05, 0.1) is 0 Å².